The monoisotopic (exact) mass is 439 g/mol. The van der Waals surface area contributed by atoms with Gasteiger partial charge in [-0.3, -0.25) is 19.8 Å². The van der Waals surface area contributed by atoms with E-state index in [0.29, 0.717) is 11.8 Å². The summed E-state index contributed by atoms with van der Waals surface area (Å²) in [6, 6.07) is 6.77. The van der Waals surface area contributed by atoms with Gasteiger partial charge in [0.15, 0.2) is 0 Å². The molecule has 5 rings (SSSR count). The molecule has 0 N–H and O–H groups in total. The van der Waals surface area contributed by atoms with Gasteiger partial charge in [-0.2, -0.15) is 0 Å². The van der Waals surface area contributed by atoms with Crippen LogP contribution >= 0.6 is 0 Å². The number of piperazine rings is 1. The summed E-state index contributed by atoms with van der Waals surface area (Å²) in [7, 11) is 0. The van der Waals surface area contributed by atoms with Gasteiger partial charge in [0.05, 0.1) is 10.8 Å². The van der Waals surface area contributed by atoms with E-state index in [4.69, 9.17) is 4.74 Å². The maximum Gasteiger partial charge on any atom is 0.310 e. The molecule has 2 aliphatic heterocycles. The Hall–Kier alpha value is -2.41. The number of carbonyl (C=O) groups excluding carboxylic acids is 1. The molecule has 2 heterocycles. The molecular formula is C25H33N3O4. The van der Waals surface area contributed by atoms with Crippen LogP contribution in [0.15, 0.2) is 36.4 Å². The molecule has 2 aliphatic carbocycles. The Morgan fingerprint density at radius 3 is 2.62 bits per heavy atom. The van der Waals surface area contributed by atoms with Crippen LogP contribution in [0.5, 0.6) is 0 Å². The zero-order chi connectivity index (χ0) is 22.5. The third-order valence-corrected chi connectivity index (χ3v) is 8.57. The number of nitrogens with zero attached hydrogens (tertiary/aromatic N) is 3. The van der Waals surface area contributed by atoms with Gasteiger partial charge in [-0.05, 0) is 55.6 Å². The van der Waals surface area contributed by atoms with Gasteiger partial charge < -0.3 is 9.64 Å². The van der Waals surface area contributed by atoms with E-state index in [1.807, 2.05) is 12.1 Å². The molecule has 0 unspecified atom stereocenters. The van der Waals surface area contributed by atoms with E-state index < -0.39 is 0 Å². The summed E-state index contributed by atoms with van der Waals surface area (Å²) in [5.41, 5.74) is 2.75. The molecule has 1 aromatic carbocycles. The first-order chi connectivity index (χ1) is 15.3. The van der Waals surface area contributed by atoms with Gasteiger partial charge in [-0.15, -0.1) is 0 Å². The summed E-state index contributed by atoms with van der Waals surface area (Å²) < 4.78 is 5.93. The molecule has 172 valence electrons. The molecular weight excluding hydrogens is 406 g/mol. The Balaban J connectivity index is 1.20. The predicted molar refractivity (Wildman–Crippen MR) is 122 cm³/mol. The number of ether oxygens (including phenoxy) is 1. The SMILES string of the molecule is C=C1CCC[C@]2(C)C[C@@H]3OC(=O)[C@H](CN4CCN(c5ccc([N+](=O)[O-])cc5)CC4)[C@H]3C[C@@H]12. The number of rotatable bonds is 4. The minimum atomic E-state index is -0.369. The lowest BCUT2D eigenvalue weighted by molar-refractivity contribution is -0.384. The van der Waals surface area contributed by atoms with Crippen molar-refractivity contribution in [3.8, 4) is 0 Å². The number of hydrogen-bond acceptors (Lipinski definition) is 6. The number of fused-ring (bicyclic) bond motifs is 2. The van der Waals surface area contributed by atoms with E-state index in [2.05, 4.69) is 23.3 Å². The number of benzene rings is 1. The standard InChI is InChI=1S/C25H33N3O4/c1-17-4-3-9-25(2)15-23-20(14-22(17)25)21(24(29)32-23)16-26-10-12-27(13-11-26)18-5-7-19(8-6-18)28(30)31/h5-8,20-23H,1,3-4,9-16H2,2H3/t20-,21-,22+,23+,25-/m1/s1. The summed E-state index contributed by atoms with van der Waals surface area (Å²) in [5, 5.41) is 10.9. The molecule has 4 fully saturated rings. The van der Waals surface area contributed by atoms with Crippen molar-refractivity contribution >= 4 is 17.3 Å². The second-order valence-corrected chi connectivity index (χ2v) is 10.5. The molecule has 0 bridgehead atoms. The number of anilines is 1. The largest absolute Gasteiger partial charge is 0.462 e. The third kappa shape index (κ3) is 3.81. The van der Waals surface area contributed by atoms with Crippen molar-refractivity contribution < 1.29 is 14.5 Å². The molecule has 7 nitrogen and oxygen atoms in total. The fourth-order valence-corrected chi connectivity index (χ4v) is 6.72. The van der Waals surface area contributed by atoms with Crippen molar-refractivity contribution in [1.29, 1.82) is 0 Å². The number of nitro groups is 1. The van der Waals surface area contributed by atoms with Gasteiger partial charge in [0.2, 0.25) is 0 Å². The predicted octanol–water partition coefficient (Wildman–Crippen LogP) is 4.03. The number of carbonyl (C=O) groups is 1. The molecule has 5 atom stereocenters. The lowest BCUT2D eigenvalue weighted by atomic mass is 9.55. The molecule has 2 saturated heterocycles. The van der Waals surface area contributed by atoms with E-state index in [0.717, 1.165) is 57.7 Å². The number of allylic oxidation sites excluding steroid dienone is 1. The second-order valence-electron chi connectivity index (χ2n) is 10.5. The first kappa shape index (κ1) is 21.4. The highest BCUT2D eigenvalue weighted by Crippen LogP contribution is 2.56. The first-order valence-electron chi connectivity index (χ1n) is 11.9. The smallest absolute Gasteiger partial charge is 0.310 e. The van der Waals surface area contributed by atoms with Crippen molar-refractivity contribution in [2.24, 2.45) is 23.2 Å². The van der Waals surface area contributed by atoms with E-state index in [9.17, 15) is 14.9 Å². The number of esters is 1. The third-order valence-electron chi connectivity index (χ3n) is 8.57. The zero-order valence-corrected chi connectivity index (χ0v) is 18.9. The van der Waals surface area contributed by atoms with Gasteiger partial charge >= 0.3 is 5.97 Å². The summed E-state index contributed by atoms with van der Waals surface area (Å²) in [6.45, 7) is 11.0. The first-order valence-corrected chi connectivity index (χ1v) is 11.9. The fourth-order valence-electron chi connectivity index (χ4n) is 6.72. The Kier molecular flexibility index (Phi) is 5.48. The van der Waals surface area contributed by atoms with Gasteiger partial charge in [0.1, 0.15) is 6.10 Å². The van der Waals surface area contributed by atoms with Crippen molar-refractivity contribution in [3.05, 3.63) is 46.5 Å². The minimum Gasteiger partial charge on any atom is -0.462 e. The highest BCUT2D eigenvalue weighted by molar-refractivity contribution is 5.75. The average Bonchev–Trinajstić information content (AvgIpc) is 3.06. The van der Waals surface area contributed by atoms with Crippen LogP contribution in [0.1, 0.15) is 39.0 Å². The molecule has 0 amide bonds. The van der Waals surface area contributed by atoms with Crippen LogP contribution < -0.4 is 4.90 Å². The quantitative estimate of drug-likeness (QED) is 0.305. The molecule has 0 spiro atoms. The molecule has 0 radical (unpaired) electrons. The molecule has 1 aromatic rings. The van der Waals surface area contributed by atoms with E-state index in [1.54, 1.807) is 12.1 Å². The average molecular weight is 440 g/mol. The topological polar surface area (TPSA) is 75.9 Å². The maximum absolute atomic E-state index is 12.8. The Labute approximate surface area is 189 Å². The molecule has 7 heteroatoms. The van der Waals surface area contributed by atoms with E-state index >= 15 is 0 Å². The van der Waals surface area contributed by atoms with Gasteiger partial charge in [-0.25, -0.2) is 0 Å². The van der Waals surface area contributed by atoms with E-state index in [-0.39, 0.29) is 34.0 Å². The maximum atomic E-state index is 12.8. The Bertz CT molecular complexity index is 908. The van der Waals surface area contributed by atoms with Crippen LogP contribution in [-0.2, 0) is 9.53 Å². The second kappa shape index (κ2) is 8.18. The lowest BCUT2D eigenvalue weighted by Gasteiger charge is -2.50. The van der Waals surface area contributed by atoms with Gasteiger partial charge in [0, 0.05) is 56.5 Å². The number of non-ortho nitro benzene ring substituents is 1. The van der Waals surface area contributed by atoms with Crippen LogP contribution in [0.25, 0.3) is 0 Å². The van der Waals surface area contributed by atoms with Crippen LogP contribution in [0.3, 0.4) is 0 Å². The number of hydrogen-bond donors (Lipinski definition) is 0. The van der Waals surface area contributed by atoms with Gasteiger partial charge in [-0.1, -0.05) is 19.1 Å². The lowest BCUT2D eigenvalue weighted by Crippen LogP contribution is -2.50. The highest BCUT2D eigenvalue weighted by Gasteiger charge is 2.55. The molecule has 2 saturated carbocycles. The Morgan fingerprint density at radius 2 is 1.94 bits per heavy atom. The molecule has 32 heavy (non-hydrogen) atoms. The fraction of sp³-hybridized carbons (Fsp3) is 0.640. The Morgan fingerprint density at radius 1 is 1.22 bits per heavy atom. The number of nitro benzene ring substituents is 1. The molecule has 4 aliphatic rings. The summed E-state index contributed by atoms with van der Waals surface area (Å²) in [5.74, 6) is 0.785. The van der Waals surface area contributed by atoms with Crippen LogP contribution in [-0.4, -0.2) is 54.6 Å². The normalized spacial score (nSPS) is 35.2. The molecule has 0 aromatic heterocycles. The van der Waals surface area contributed by atoms with Crippen molar-refractivity contribution in [1.82, 2.24) is 4.90 Å². The zero-order valence-electron chi connectivity index (χ0n) is 18.9. The van der Waals surface area contributed by atoms with E-state index in [1.165, 1.54) is 18.4 Å². The summed E-state index contributed by atoms with van der Waals surface area (Å²) >= 11 is 0. The van der Waals surface area contributed by atoms with Gasteiger partial charge in [0.25, 0.3) is 5.69 Å². The highest BCUT2D eigenvalue weighted by atomic mass is 16.6. The van der Waals surface area contributed by atoms with Crippen molar-refractivity contribution in [3.63, 3.8) is 0 Å². The van der Waals surface area contributed by atoms with Crippen LogP contribution in [0, 0.1) is 33.3 Å². The van der Waals surface area contributed by atoms with Crippen LogP contribution in [0.4, 0.5) is 11.4 Å². The summed E-state index contributed by atoms with van der Waals surface area (Å²) in [6.07, 6.45) is 5.64. The minimum absolute atomic E-state index is 0.00865. The van der Waals surface area contributed by atoms with Crippen molar-refractivity contribution in [2.75, 3.05) is 37.6 Å². The van der Waals surface area contributed by atoms with Crippen molar-refractivity contribution in [2.45, 2.75) is 45.1 Å². The summed E-state index contributed by atoms with van der Waals surface area (Å²) in [4.78, 5) is 28.0. The van der Waals surface area contributed by atoms with Crippen LogP contribution in [0.2, 0.25) is 0 Å².